The highest BCUT2D eigenvalue weighted by molar-refractivity contribution is 7.15. The third-order valence-corrected chi connectivity index (χ3v) is 4.94. The van der Waals surface area contributed by atoms with Crippen LogP contribution in [0.4, 0.5) is 0 Å². The monoisotopic (exact) mass is 381 g/mol. The van der Waals surface area contributed by atoms with E-state index in [1.165, 1.54) is 18.4 Å². The molecule has 0 aliphatic carbocycles. The van der Waals surface area contributed by atoms with Crippen molar-refractivity contribution in [3.8, 4) is 11.5 Å². The third kappa shape index (κ3) is 3.11. The molecule has 0 unspecified atom stereocenters. The highest BCUT2D eigenvalue weighted by Crippen LogP contribution is 2.28. The molecule has 2 aromatic carbocycles. The summed E-state index contributed by atoms with van der Waals surface area (Å²) in [6, 6.07) is 12.5. The Morgan fingerprint density at radius 2 is 2.07 bits per heavy atom. The first-order valence-electron chi connectivity index (χ1n) is 7.99. The Hall–Kier alpha value is -3.39. The predicted octanol–water partition coefficient (Wildman–Crippen LogP) is 0.594. The van der Waals surface area contributed by atoms with Crippen molar-refractivity contribution >= 4 is 39.4 Å². The minimum absolute atomic E-state index is 0.139. The molecule has 0 aliphatic rings. The van der Waals surface area contributed by atoms with Gasteiger partial charge in [0.25, 0.3) is 5.56 Å². The summed E-state index contributed by atoms with van der Waals surface area (Å²) < 4.78 is 12.5. The number of imidazole rings is 1. The van der Waals surface area contributed by atoms with E-state index in [2.05, 4.69) is 4.98 Å². The number of methoxy groups -OCH3 is 1. The van der Waals surface area contributed by atoms with E-state index >= 15 is 0 Å². The second-order valence-electron chi connectivity index (χ2n) is 5.71. The number of carboxylic acids is 1. The number of carbonyl (C=O) groups excluding carboxylic acids is 1. The van der Waals surface area contributed by atoms with Gasteiger partial charge in [-0.25, -0.2) is 9.38 Å². The fourth-order valence-corrected chi connectivity index (χ4v) is 3.78. The van der Waals surface area contributed by atoms with Gasteiger partial charge < -0.3 is 19.4 Å². The Morgan fingerprint density at radius 1 is 1.26 bits per heavy atom. The SMILES string of the molecule is COc1cc(/C=c2/sc3nc4ccccc4n3c2=O)ccc1OCC(=O)[O-]. The summed E-state index contributed by atoms with van der Waals surface area (Å²) in [4.78, 5) is 28.4. The van der Waals surface area contributed by atoms with Crippen molar-refractivity contribution in [1.29, 1.82) is 0 Å². The summed E-state index contributed by atoms with van der Waals surface area (Å²) >= 11 is 1.30. The van der Waals surface area contributed by atoms with Crippen LogP contribution in [0.2, 0.25) is 0 Å². The molecule has 7 nitrogen and oxygen atoms in total. The molecule has 0 bridgehead atoms. The molecule has 0 radical (unpaired) electrons. The van der Waals surface area contributed by atoms with Gasteiger partial charge in [0.15, 0.2) is 16.5 Å². The molecule has 4 aromatic rings. The molecule has 0 saturated heterocycles. The number of rotatable bonds is 5. The number of nitrogens with zero attached hydrogens (tertiary/aromatic N) is 2. The molecule has 0 spiro atoms. The van der Waals surface area contributed by atoms with Gasteiger partial charge in [-0.3, -0.25) is 4.79 Å². The van der Waals surface area contributed by atoms with Crippen LogP contribution in [0.25, 0.3) is 22.1 Å². The van der Waals surface area contributed by atoms with Gasteiger partial charge in [0.2, 0.25) is 0 Å². The Bertz CT molecular complexity index is 1270. The molecule has 0 atom stereocenters. The quantitative estimate of drug-likeness (QED) is 0.502. The molecule has 8 heteroatoms. The molecule has 27 heavy (non-hydrogen) atoms. The molecule has 0 saturated carbocycles. The maximum absolute atomic E-state index is 12.8. The summed E-state index contributed by atoms with van der Waals surface area (Å²) in [5.41, 5.74) is 2.14. The van der Waals surface area contributed by atoms with Gasteiger partial charge in [-0.1, -0.05) is 29.5 Å². The van der Waals surface area contributed by atoms with E-state index < -0.39 is 12.6 Å². The number of aliphatic carboxylic acids is 1. The Balaban J connectivity index is 1.78. The standard InChI is InChI=1S/C19H14N2O5S/c1-25-15-8-11(6-7-14(15)26-10-17(22)23)9-16-18(24)21-13-5-3-2-4-12(13)20-19(21)27-16/h2-9H,10H2,1H3,(H,22,23)/p-1/b16-9+. The summed E-state index contributed by atoms with van der Waals surface area (Å²) in [5, 5.41) is 10.5. The normalized spacial score (nSPS) is 12.0. The number of hydrogen-bond donors (Lipinski definition) is 0. The van der Waals surface area contributed by atoms with Crippen LogP contribution >= 0.6 is 11.3 Å². The van der Waals surface area contributed by atoms with Gasteiger partial charge >= 0.3 is 0 Å². The minimum atomic E-state index is -1.32. The number of hydrogen-bond acceptors (Lipinski definition) is 7. The first-order valence-corrected chi connectivity index (χ1v) is 8.81. The van der Waals surface area contributed by atoms with Gasteiger partial charge in [-0.05, 0) is 35.9 Å². The molecule has 0 amide bonds. The second kappa shape index (κ2) is 6.73. The maximum atomic E-state index is 12.8. The topological polar surface area (TPSA) is 93.0 Å². The van der Waals surface area contributed by atoms with Crippen LogP contribution in [-0.2, 0) is 4.79 Å². The van der Waals surface area contributed by atoms with E-state index in [4.69, 9.17) is 9.47 Å². The second-order valence-corrected chi connectivity index (χ2v) is 6.71. The molecule has 2 heterocycles. The van der Waals surface area contributed by atoms with E-state index in [1.807, 2.05) is 24.3 Å². The lowest BCUT2D eigenvalue weighted by atomic mass is 10.2. The fourth-order valence-electron chi connectivity index (χ4n) is 2.79. The van der Waals surface area contributed by atoms with E-state index in [-0.39, 0.29) is 11.3 Å². The van der Waals surface area contributed by atoms with Crippen molar-refractivity contribution in [2.75, 3.05) is 13.7 Å². The zero-order valence-electron chi connectivity index (χ0n) is 14.2. The first-order chi connectivity index (χ1) is 13.1. The van der Waals surface area contributed by atoms with Crippen molar-refractivity contribution in [3.05, 3.63) is 62.9 Å². The maximum Gasteiger partial charge on any atom is 0.274 e. The van der Waals surface area contributed by atoms with Crippen LogP contribution in [0.5, 0.6) is 11.5 Å². The average molecular weight is 381 g/mol. The van der Waals surface area contributed by atoms with Crippen LogP contribution < -0.4 is 24.7 Å². The summed E-state index contributed by atoms with van der Waals surface area (Å²) in [7, 11) is 1.45. The summed E-state index contributed by atoms with van der Waals surface area (Å²) in [6.45, 7) is -0.570. The number of ether oxygens (including phenoxy) is 2. The minimum Gasteiger partial charge on any atom is -0.546 e. The van der Waals surface area contributed by atoms with Crippen LogP contribution in [0, 0.1) is 0 Å². The lowest BCUT2D eigenvalue weighted by Crippen LogP contribution is -2.29. The van der Waals surface area contributed by atoms with Crippen molar-refractivity contribution in [2.24, 2.45) is 0 Å². The van der Waals surface area contributed by atoms with Gasteiger partial charge in [0.1, 0.15) is 6.61 Å². The summed E-state index contributed by atoms with van der Waals surface area (Å²) in [5.74, 6) is -0.671. The lowest BCUT2D eigenvalue weighted by molar-refractivity contribution is -0.307. The van der Waals surface area contributed by atoms with Crippen molar-refractivity contribution in [1.82, 2.24) is 9.38 Å². The van der Waals surface area contributed by atoms with E-state index in [9.17, 15) is 14.7 Å². The van der Waals surface area contributed by atoms with Gasteiger partial charge in [0.05, 0.1) is 28.6 Å². The largest absolute Gasteiger partial charge is 0.546 e. The average Bonchev–Trinajstić information content (AvgIpc) is 3.17. The third-order valence-electron chi connectivity index (χ3n) is 3.98. The number of para-hydroxylation sites is 2. The molecule has 0 fully saturated rings. The molecular formula is C19H13N2O5S-. The first kappa shape index (κ1) is 17.0. The number of carbonyl (C=O) groups is 1. The Kier molecular flexibility index (Phi) is 4.25. The number of thiazole rings is 1. The number of aromatic nitrogens is 2. The molecule has 0 N–H and O–H groups in total. The number of carboxylic acid groups (broad SMARTS) is 1. The smallest absolute Gasteiger partial charge is 0.274 e. The van der Waals surface area contributed by atoms with Gasteiger partial charge in [-0.15, -0.1) is 0 Å². The van der Waals surface area contributed by atoms with E-state index in [0.717, 1.165) is 16.6 Å². The number of fused-ring (bicyclic) bond motifs is 3. The van der Waals surface area contributed by atoms with E-state index in [0.29, 0.717) is 15.2 Å². The predicted molar refractivity (Wildman–Crippen MR) is 99.1 cm³/mol. The van der Waals surface area contributed by atoms with Crippen molar-refractivity contribution in [3.63, 3.8) is 0 Å². The van der Waals surface area contributed by atoms with Crippen LogP contribution in [0.3, 0.4) is 0 Å². The van der Waals surface area contributed by atoms with Crippen LogP contribution in [0.1, 0.15) is 5.56 Å². The molecule has 136 valence electrons. The van der Waals surface area contributed by atoms with Crippen molar-refractivity contribution < 1.29 is 19.4 Å². The highest BCUT2D eigenvalue weighted by atomic mass is 32.1. The van der Waals surface area contributed by atoms with E-state index in [1.54, 1.807) is 28.7 Å². The number of benzene rings is 2. The Morgan fingerprint density at radius 3 is 2.85 bits per heavy atom. The van der Waals surface area contributed by atoms with Gasteiger partial charge in [-0.2, -0.15) is 0 Å². The molecule has 2 aromatic heterocycles. The fraction of sp³-hybridized carbons (Fsp3) is 0.105. The summed E-state index contributed by atoms with van der Waals surface area (Å²) in [6.07, 6.45) is 1.74. The Labute approximate surface area is 156 Å². The molecule has 4 rings (SSSR count). The van der Waals surface area contributed by atoms with Crippen LogP contribution in [-0.4, -0.2) is 29.1 Å². The molecule has 0 aliphatic heterocycles. The zero-order valence-corrected chi connectivity index (χ0v) is 15.0. The molecular weight excluding hydrogens is 368 g/mol. The van der Waals surface area contributed by atoms with Crippen molar-refractivity contribution in [2.45, 2.75) is 0 Å². The van der Waals surface area contributed by atoms with Gasteiger partial charge in [0, 0.05) is 0 Å². The lowest BCUT2D eigenvalue weighted by Gasteiger charge is -2.11. The highest BCUT2D eigenvalue weighted by Gasteiger charge is 2.11. The zero-order chi connectivity index (χ0) is 19.0. The van der Waals surface area contributed by atoms with Crippen LogP contribution in [0.15, 0.2) is 47.3 Å².